The van der Waals surface area contributed by atoms with Gasteiger partial charge in [-0.1, -0.05) is 29.8 Å². The van der Waals surface area contributed by atoms with Crippen molar-refractivity contribution in [3.05, 3.63) is 35.4 Å². The van der Waals surface area contributed by atoms with Crippen LogP contribution in [-0.2, 0) is 24.5 Å². The molecule has 4 atom stereocenters. The fraction of sp³-hybridized carbons (Fsp3) is 0.667. The molecule has 0 N–H and O–H groups in total. The third-order valence-corrected chi connectivity index (χ3v) is 6.90. The number of rotatable bonds is 4. The molecule has 28 heavy (non-hydrogen) atoms. The minimum atomic E-state index is -0.570. The Kier molecular flexibility index (Phi) is 4.59. The van der Waals surface area contributed by atoms with Crippen molar-refractivity contribution in [2.24, 2.45) is 17.3 Å². The fourth-order valence-corrected chi connectivity index (χ4v) is 6.39. The number of hydrogen-bond donors (Lipinski definition) is 0. The van der Waals surface area contributed by atoms with Crippen molar-refractivity contribution in [1.82, 2.24) is 0 Å². The van der Waals surface area contributed by atoms with E-state index in [4.69, 9.17) is 9.47 Å². The molecule has 1 aromatic rings. The van der Waals surface area contributed by atoms with Crippen LogP contribution in [0.4, 0.5) is 0 Å². The fourth-order valence-electron chi connectivity index (χ4n) is 6.39. The van der Waals surface area contributed by atoms with Crippen LogP contribution in [0, 0.1) is 24.2 Å². The predicted octanol–water partition coefficient (Wildman–Crippen LogP) is 4.72. The molecule has 4 fully saturated rings. The molecule has 0 heterocycles. The molecule has 4 nitrogen and oxygen atoms in total. The summed E-state index contributed by atoms with van der Waals surface area (Å²) in [5.74, 6) is 0.496. The zero-order valence-corrected chi connectivity index (χ0v) is 17.5. The van der Waals surface area contributed by atoms with E-state index in [9.17, 15) is 9.59 Å². The number of esters is 2. The van der Waals surface area contributed by atoms with Crippen LogP contribution < -0.4 is 0 Å². The van der Waals surface area contributed by atoms with E-state index >= 15 is 0 Å². The summed E-state index contributed by atoms with van der Waals surface area (Å²) in [7, 11) is 0. The topological polar surface area (TPSA) is 52.6 Å². The Hall–Kier alpha value is -1.84. The van der Waals surface area contributed by atoms with Crippen LogP contribution in [0.2, 0.25) is 0 Å². The van der Waals surface area contributed by atoms with Gasteiger partial charge in [0.25, 0.3) is 0 Å². The van der Waals surface area contributed by atoms with Gasteiger partial charge in [-0.25, -0.2) is 4.79 Å². The molecule has 152 valence electrons. The maximum Gasteiger partial charge on any atom is 0.344 e. The van der Waals surface area contributed by atoms with Gasteiger partial charge in [-0.15, -0.1) is 0 Å². The second-order valence-corrected chi connectivity index (χ2v) is 10.6. The number of carbonyl (C=O) groups excluding carboxylic acids is 2. The lowest BCUT2D eigenvalue weighted by Gasteiger charge is -2.61. The average Bonchev–Trinajstić information content (AvgIpc) is 2.57. The van der Waals surface area contributed by atoms with Gasteiger partial charge in [-0.3, -0.25) is 4.79 Å². The maximum atomic E-state index is 13.2. The van der Waals surface area contributed by atoms with Crippen molar-refractivity contribution >= 4 is 11.9 Å². The summed E-state index contributed by atoms with van der Waals surface area (Å²) in [6, 6.07) is 8.87. The zero-order valence-electron chi connectivity index (χ0n) is 17.5. The van der Waals surface area contributed by atoms with E-state index in [1.807, 2.05) is 20.8 Å². The smallest absolute Gasteiger partial charge is 0.344 e. The van der Waals surface area contributed by atoms with Crippen LogP contribution in [0.15, 0.2) is 24.3 Å². The molecule has 4 saturated carbocycles. The van der Waals surface area contributed by atoms with Gasteiger partial charge in [0.2, 0.25) is 0 Å². The van der Waals surface area contributed by atoms with Gasteiger partial charge in [0.05, 0.1) is 5.41 Å². The van der Waals surface area contributed by atoms with Gasteiger partial charge < -0.3 is 9.47 Å². The van der Waals surface area contributed by atoms with Crippen molar-refractivity contribution < 1.29 is 19.1 Å². The lowest BCUT2D eigenvalue weighted by Crippen LogP contribution is -2.57. The summed E-state index contributed by atoms with van der Waals surface area (Å²) in [6.07, 6.45) is 6.24. The van der Waals surface area contributed by atoms with Crippen LogP contribution in [-0.4, -0.2) is 24.1 Å². The Morgan fingerprint density at radius 3 is 2.21 bits per heavy atom. The summed E-state index contributed by atoms with van der Waals surface area (Å²) in [6.45, 7) is 7.27. The summed E-state index contributed by atoms with van der Waals surface area (Å²) < 4.78 is 10.8. The molecule has 0 radical (unpaired) electrons. The molecular weight excluding hydrogens is 352 g/mol. The number of aryl methyl sites for hydroxylation is 1. The second-order valence-electron chi connectivity index (χ2n) is 10.6. The van der Waals surface area contributed by atoms with Crippen LogP contribution in [0.1, 0.15) is 70.4 Å². The summed E-state index contributed by atoms with van der Waals surface area (Å²) in [4.78, 5) is 25.2. The zero-order chi connectivity index (χ0) is 20.2. The summed E-state index contributed by atoms with van der Waals surface area (Å²) >= 11 is 0. The molecule has 4 aliphatic carbocycles. The molecule has 0 saturated heterocycles. The van der Waals surface area contributed by atoms with Crippen LogP contribution >= 0.6 is 0 Å². The minimum Gasteiger partial charge on any atom is -0.457 e. The Bertz CT molecular complexity index is 757. The highest BCUT2D eigenvalue weighted by Crippen LogP contribution is 2.66. The maximum absolute atomic E-state index is 13.2. The van der Waals surface area contributed by atoms with E-state index in [0.717, 1.165) is 19.3 Å². The molecule has 0 spiro atoms. The predicted molar refractivity (Wildman–Crippen MR) is 107 cm³/mol. The quantitative estimate of drug-likeness (QED) is 0.705. The van der Waals surface area contributed by atoms with E-state index in [1.165, 1.54) is 30.4 Å². The average molecular weight is 385 g/mol. The highest BCUT2D eigenvalue weighted by Gasteiger charge is 2.61. The third-order valence-electron chi connectivity index (χ3n) is 6.90. The largest absolute Gasteiger partial charge is 0.457 e. The van der Waals surface area contributed by atoms with Crippen molar-refractivity contribution in [1.29, 1.82) is 0 Å². The Labute approximate surface area is 168 Å². The molecule has 1 aromatic carbocycles. The van der Waals surface area contributed by atoms with Gasteiger partial charge >= 0.3 is 11.9 Å². The minimum absolute atomic E-state index is 0.0860. The number of benzene rings is 1. The third kappa shape index (κ3) is 3.58. The van der Waals surface area contributed by atoms with E-state index in [-0.39, 0.29) is 18.0 Å². The van der Waals surface area contributed by atoms with Crippen LogP contribution in [0.5, 0.6) is 0 Å². The molecular formula is C24H32O4. The molecule has 0 amide bonds. The van der Waals surface area contributed by atoms with Crippen molar-refractivity contribution in [3.63, 3.8) is 0 Å². The highest BCUT2D eigenvalue weighted by atomic mass is 16.6. The van der Waals surface area contributed by atoms with Gasteiger partial charge in [0.1, 0.15) is 5.60 Å². The first-order valence-electron chi connectivity index (χ1n) is 10.6. The monoisotopic (exact) mass is 384 g/mol. The van der Waals surface area contributed by atoms with Crippen LogP contribution in [0.3, 0.4) is 0 Å². The van der Waals surface area contributed by atoms with Crippen molar-refractivity contribution in [2.75, 3.05) is 6.61 Å². The first-order valence-corrected chi connectivity index (χ1v) is 10.6. The number of ether oxygens (including phenoxy) is 2. The Morgan fingerprint density at radius 2 is 1.64 bits per heavy atom. The molecule has 4 heteroatoms. The van der Waals surface area contributed by atoms with Gasteiger partial charge in [0, 0.05) is 0 Å². The first kappa shape index (κ1) is 19.5. The summed E-state index contributed by atoms with van der Waals surface area (Å²) in [5.41, 5.74) is 1.72. The van der Waals surface area contributed by atoms with E-state index in [1.54, 1.807) is 0 Å². The SMILES string of the molecule is Cc1ccc(C23C[C@@H]4C[C@@H](CC(C(=O)OCC(=O)OC(C)(C)C)(C4)C2)C3)cc1. The normalized spacial score (nSPS) is 33.6. The molecule has 4 aliphatic rings. The second kappa shape index (κ2) is 6.60. The van der Waals surface area contributed by atoms with Crippen molar-refractivity contribution in [3.8, 4) is 0 Å². The van der Waals surface area contributed by atoms with E-state index in [2.05, 4.69) is 31.2 Å². The summed E-state index contributed by atoms with van der Waals surface area (Å²) in [5, 5.41) is 0. The van der Waals surface area contributed by atoms with Gasteiger partial charge in [0.15, 0.2) is 6.61 Å². The molecule has 0 aliphatic heterocycles. The van der Waals surface area contributed by atoms with Gasteiger partial charge in [-0.2, -0.15) is 0 Å². The standard InChI is InChI=1S/C24H32O4/c1-16-5-7-19(8-6-16)23-10-17-9-18(11-23)13-24(12-17,15-23)21(26)27-14-20(25)28-22(2,3)4/h5-8,17-18H,9-15H2,1-4H3/t17-,18+,23?,24?. The van der Waals surface area contributed by atoms with E-state index < -0.39 is 17.0 Å². The molecule has 5 rings (SSSR count). The Morgan fingerprint density at radius 1 is 1.04 bits per heavy atom. The lowest BCUT2D eigenvalue weighted by atomic mass is 9.43. The molecule has 0 aromatic heterocycles. The van der Waals surface area contributed by atoms with E-state index in [0.29, 0.717) is 11.8 Å². The lowest BCUT2D eigenvalue weighted by molar-refractivity contribution is -0.182. The van der Waals surface area contributed by atoms with Gasteiger partial charge in [-0.05, 0) is 89.0 Å². The number of carbonyl (C=O) groups is 2. The first-order chi connectivity index (χ1) is 13.1. The Balaban J connectivity index is 1.52. The van der Waals surface area contributed by atoms with Crippen LogP contribution in [0.25, 0.3) is 0 Å². The number of hydrogen-bond acceptors (Lipinski definition) is 4. The molecule has 2 unspecified atom stereocenters. The van der Waals surface area contributed by atoms with Crippen molar-refractivity contribution in [2.45, 2.75) is 77.2 Å². The highest BCUT2D eigenvalue weighted by molar-refractivity contribution is 5.81. The molecule has 4 bridgehead atoms.